The zero-order valence-electron chi connectivity index (χ0n) is 20.4. The van der Waals surface area contributed by atoms with Crippen LogP contribution < -0.4 is 0 Å². The molecule has 38 heavy (non-hydrogen) atoms. The van der Waals surface area contributed by atoms with Gasteiger partial charge in [0.1, 0.15) is 0 Å². The van der Waals surface area contributed by atoms with E-state index in [9.17, 15) is 15.0 Å². The molecule has 0 spiro atoms. The van der Waals surface area contributed by atoms with Crippen LogP contribution in [0.5, 0.6) is 11.8 Å². The van der Waals surface area contributed by atoms with E-state index in [1.54, 1.807) is 12.1 Å². The lowest BCUT2D eigenvalue weighted by Crippen LogP contribution is -2.09. The first-order chi connectivity index (χ1) is 18.6. The van der Waals surface area contributed by atoms with Crippen molar-refractivity contribution in [2.75, 3.05) is 0 Å². The number of aromatic nitrogens is 4. The first-order valence-corrected chi connectivity index (χ1v) is 12.5. The Labute approximate surface area is 217 Å². The average molecular weight is 505 g/mol. The van der Waals surface area contributed by atoms with Gasteiger partial charge in [-0.3, -0.25) is 4.98 Å². The number of aromatic hydroxyl groups is 2. The molecule has 7 rings (SSSR count). The number of hydrogen-bond donors (Lipinski definition) is 3. The number of carbonyl (C=O) groups is 1. The molecule has 4 aromatic heterocycles. The van der Waals surface area contributed by atoms with E-state index in [-0.39, 0.29) is 18.5 Å². The van der Waals surface area contributed by atoms with Crippen molar-refractivity contribution in [3.63, 3.8) is 0 Å². The zero-order valence-corrected chi connectivity index (χ0v) is 20.4. The number of nitrogens with zero attached hydrogens (tertiary/aromatic N) is 3. The number of aromatic amines is 1. The predicted molar refractivity (Wildman–Crippen MR) is 144 cm³/mol. The number of hydrogen-bond acceptors (Lipinski definition) is 5. The number of aryl methyl sites for hydroxylation is 2. The molecule has 6 aromatic rings. The van der Waals surface area contributed by atoms with Gasteiger partial charge in [0, 0.05) is 58.7 Å². The van der Waals surface area contributed by atoms with Crippen molar-refractivity contribution < 1.29 is 19.7 Å². The highest BCUT2D eigenvalue weighted by Gasteiger charge is 2.30. The summed E-state index contributed by atoms with van der Waals surface area (Å²) >= 11 is 0. The van der Waals surface area contributed by atoms with Crippen molar-refractivity contribution in [1.82, 2.24) is 19.1 Å². The maximum atomic E-state index is 12.6. The first kappa shape index (κ1) is 22.2. The molecule has 1 aliphatic heterocycles. The van der Waals surface area contributed by atoms with E-state index < -0.39 is 5.97 Å². The van der Waals surface area contributed by atoms with E-state index >= 15 is 0 Å². The van der Waals surface area contributed by atoms with Crippen molar-refractivity contribution in [2.45, 2.75) is 26.1 Å². The fourth-order valence-electron chi connectivity index (χ4n) is 5.65. The van der Waals surface area contributed by atoms with Crippen molar-refractivity contribution in [2.24, 2.45) is 0 Å². The van der Waals surface area contributed by atoms with Crippen LogP contribution in [0.2, 0.25) is 0 Å². The van der Waals surface area contributed by atoms with Gasteiger partial charge in [-0.2, -0.15) is 0 Å². The van der Waals surface area contributed by atoms with E-state index in [0.717, 1.165) is 52.3 Å². The number of carbonyl (C=O) groups excluding carboxylic acids is 1. The summed E-state index contributed by atoms with van der Waals surface area (Å²) in [5.74, 6) is -0.937. The Kier molecular flexibility index (Phi) is 5.00. The molecular formula is C30H24N4O4. The average Bonchev–Trinajstić information content (AvgIpc) is 3.61. The van der Waals surface area contributed by atoms with Crippen molar-refractivity contribution in [1.29, 1.82) is 0 Å². The third-order valence-corrected chi connectivity index (χ3v) is 7.40. The lowest BCUT2D eigenvalue weighted by molar-refractivity contribution is 0.0349. The molecule has 1 aliphatic rings. The van der Waals surface area contributed by atoms with Crippen LogP contribution in [-0.2, 0) is 24.4 Å². The molecule has 0 atom stereocenters. The summed E-state index contributed by atoms with van der Waals surface area (Å²) in [4.78, 5) is 19.8. The van der Waals surface area contributed by atoms with Gasteiger partial charge >= 0.3 is 5.97 Å². The summed E-state index contributed by atoms with van der Waals surface area (Å²) in [5, 5.41) is 25.1. The van der Waals surface area contributed by atoms with Gasteiger partial charge in [0.25, 0.3) is 0 Å². The number of fused-ring (bicyclic) bond motifs is 1. The molecule has 2 aromatic carbocycles. The smallest absolute Gasteiger partial charge is 0.339 e. The van der Waals surface area contributed by atoms with Gasteiger partial charge in [0.15, 0.2) is 6.73 Å². The number of ether oxygens (including phenoxy) is 1. The van der Waals surface area contributed by atoms with Crippen LogP contribution in [0.3, 0.4) is 0 Å². The maximum absolute atomic E-state index is 12.6. The topological polar surface area (TPSA) is 105 Å². The Morgan fingerprint density at radius 3 is 2.55 bits per heavy atom. The summed E-state index contributed by atoms with van der Waals surface area (Å²) in [5.41, 5.74) is 6.19. The molecule has 0 unspecified atom stereocenters. The van der Waals surface area contributed by atoms with E-state index in [0.29, 0.717) is 16.7 Å². The monoisotopic (exact) mass is 504 g/mol. The fraction of sp³-hybridized carbons (Fsp3) is 0.133. The molecule has 188 valence electrons. The highest BCUT2D eigenvalue weighted by Crippen LogP contribution is 2.51. The van der Waals surface area contributed by atoms with Crippen LogP contribution in [0.1, 0.15) is 22.3 Å². The number of esters is 1. The quantitative estimate of drug-likeness (QED) is 0.256. The van der Waals surface area contributed by atoms with Crippen LogP contribution in [0.4, 0.5) is 0 Å². The van der Waals surface area contributed by atoms with Gasteiger partial charge in [0.05, 0.1) is 22.2 Å². The SMILES string of the molecule is O=C(OCn1c(O)c(-c2c[nH]c3ccccc23)c(-c2cn3c4c(cccc24)CCC3)c1O)c1ccncc1. The second-order valence-corrected chi connectivity index (χ2v) is 9.52. The largest absolute Gasteiger partial charge is 0.494 e. The minimum atomic E-state index is -0.581. The summed E-state index contributed by atoms with van der Waals surface area (Å²) in [7, 11) is 0. The van der Waals surface area contributed by atoms with Gasteiger partial charge in [-0.05, 0) is 36.6 Å². The molecule has 8 heteroatoms. The molecule has 0 amide bonds. The minimum Gasteiger partial charge on any atom is -0.494 e. The normalized spacial score (nSPS) is 12.8. The van der Waals surface area contributed by atoms with Gasteiger partial charge in [-0.25, -0.2) is 9.36 Å². The number of pyridine rings is 1. The molecule has 0 bridgehead atoms. The Balaban J connectivity index is 1.43. The van der Waals surface area contributed by atoms with E-state index in [1.807, 2.05) is 48.8 Å². The Morgan fingerprint density at radius 1 is 0.947 bits per heavy atom. The number of rotatable bonds is 5. The lowest BCUT2D eigenvalue weighted by Gasteiger charge is -2.14. The highest BCUT2D eigenvalue weighted by atomic mass is 16.5. The summed E-state index contributed by atoms with van der Waals surface area (Å²) in [6, 6.07) is 17.1. The molecule has 0 aliphatic carbocycles. The molecule has 5 heterocycles. The Hall–Kier alpha value is -4.98. The van der Waals surface area contributed by atoms with Crippen LogP contribution in [0, 0.1) is 0 Å². The Bertz CT molecular complexity index is 1850. The summed E-state index contributed by atoms with van der Waals surface area (Å²) < 4.78 is 8.95. The van der Waals surface area contributed by atoms with Crippen LogP contribution >= 0.6 is 0 Å². The predicted octanol–water partition coefficient (Wildman–Crippen LogP) is 5.83. The second-order valence-electron chi connectivity index (χ2n) is 9.52. The number of nitrogens with one attached hydrogen (secondary N) is 1. The van der Waals surface area contributed by atoms with Crippen molar-refractivity contribution >= 4 is 27.8 Å². The molecular weight excluding hydrogens is 480 g/mol. The number of benzene rings is 2. The van der Waals surface area contributed by atoms with Crippen LogP contribution in [-0.4, -0.2) is 35.3 Å². The fourth-order valence-corrected chi connectivity index (χ4v) is 5.65. The van der Waals surface area contributed by atoms with Gasteiger partial charge in [-0.1, -0.05) is 36.4 Å². The standard InChI is InChI=1S/C30H24N4O4/c35-28-25(22-15-32-24-9-2-1-7-20(22)24)26(23-16-33-14-4-6-18-5-3-8-21(23)27(18)33)29(36)34(28)17-38-30(37)19-10-12-31-13-11-19/h1-3,5,7-13,15-16,32,35-36H,4,6,14,17H2. The van der Waals surface area contributed by atoms with E-state index in [4.69, 9.17) is 4.74 Å². The first-order valence-electron chi connectivity index (χ1n) is 12.5. The number of para-hydroxylation sites is 2. The highest BCUT2D eigenvalue weighted by molar-refractivity contribution is 6.08. The molecule has 0 radical (unpaired) electrons. The summed E-state index contributed by atoms with van der Waals surface area (Å²) in [6.07, 6.45) is 8.93. The van der Waals surface area contributed by atoms with E-state index in [1.165, 1.54) is 22.5 Å². The number of H-pyrrole nitrogens is 1. The third-order valence-electron chi connectivity index (χ3n) is 7.40. The Morgan fingerprint density at radius 2 is 1.71 bits per heavy atom. The van der Waals surface area contributed by atoms with Crippen LogP contribution in [0.25, 0.3) is 44.1 Å². The second kappa shape index (κ2) is 8.55. The third kappa shape index (κ3) is 3.30. The lowest BCUT2D eigenvalue weighted by atomic mass is 9.96. The van der Waals surface area contributed by atoms with Crippen molar-refractivity contribution in [3.05, 3.63) is 90.5 Å². The molecule has 0 fully saturated rings. The molecule has 3 N–H and O–H groups in total. The van der Waals surface area contributed by atoms with Gasteiger partial charge in [-0.15, -0.1) is 0 Å². The van der Waals surface area contributed by atoms with Crippen LogP contribution in [0.15, 0.2) is 79.4 Å². The molecule has 0 saturated carbocycles. The van der Waals surface area contributed by atoms with Gasteiger partial charge in [0.2, 0.25) is 11.8 Å². The maximum Gasteiger partial charge on any atom is 0.339 e. The minimum absolute atomic E-state index is 0.172. The zero-order chi connectivity index (χ0) is 25.8. The van der Waals surface area contributed by atoms with Gasteiger partial charge < -0.3 is 24.5 Å². The van der Waals surface area contributed by atoms with Crippen molar-refractivity contribution in [3.8, 4) is 34.0 Å². The molecule has 8 nitrogen and oxygen atoms in total. The summed E-state index contributed by atoms with van der Waals surface area (Å²) in [6.45, 7) is 0.519. The molecule has 0 saturated heterocycles. The van der Waals surface area contributed by atoms with E-state index in [2.05, 4.69) is 20.6 Å².